The van der Waals surface area contributed by atoms with E-state index < -0.39 is 11.2 Å². The maximum Gasteiger partial charge on any atom is 0.443 e. The third kappa shape index (κ3) is 3.96. The molecule has 0 saturated carbocycles. The molecule has 7 heteroatoms. The summed E-state index contributed by atoms with van der Waals surface area (Å²) in [6.07, 6.45) is -2.28. The Bertz CT molecular complexity index is 598. The van der Waals surface area contributed by atoms with E-state index in [0.29, 0.717) is 27.8 Å². The van der Waals surface area contributed by atoms with Crippen LogP contribution in [-0.2, 0) is 6.18 Å². The summed E-state index contributed by atoms with van der Waals surface area (Å²) in [6, 6.07) is 6.75. The van der Waals surface area contributed by atoms with Gasteiger partial charge < -0.3 is 5.32 Å². The number of hydrogen-bond acceptors (Lipinski definition) is 3. The number of alkyl halides is 3. The molecule has 1 N–H and O–H groups in total. The van der Waals surface area contributed by atoms with Crippen molar-refractivity contribution in [1.82, 2.24) is 10.3 Å². The number of nitrogens with one attached hydrogen (secondary N) is 1. The Morgan fingerprint density at radius 1 is 1.33 bits per heavy atom. The van der Waals surface area contributed by atoms with Gasteiger partial charge in [0.15, 0.2) is 5.01 Å². The molecule has 1 aromatic carbocycles. The van der Waals surface area contributed by atoms with Gasteiger partial charge in [-0.25, -0.2) is 4.98 Å². The quantitative estimate of drug-likeness (QED) is 0.840. The molecule has 2 nitrogen and oxygen atoms in total. The molecular weight excluding hydrogens is 321 g/mol. The molecule has 0 radical (unpaired) electrons. The average Bonchev–Trinajstić information content (AvgIpc) is 2.91. The largest absolute Gasteiger partial charge is 0.443 e. The van der Waals surface area contributed by atoms with Gasteiger partial charge in [0.1, 0.15) is 0 Å². The minimum absolute atomic E-state index is 0.382. The first kappa shape index (κ1) is 16.3. The van der Waals surface area contributed by atoms with Gasteiger partial charge in [-0.2, -0.15) is 13.2 Å². The minimum Gasteiger partial charge on any atom is -0.306 e. The summed E-state index contributed by atoms with van der Waals surface area (Å²) in [4.78, 5) is 3.99. The van der Waals surface area contributed by atoms with Crippen LogP contribution in [0.1, 0.15) is 34.8 Å². The molecule has 2 aromatic rings. The monoisotopic (exact) mass is 334 g/mol. The van der Waals surface area contributed by atoms with E-state index in [9.17, 15) is 13.2 Å². The van der Waals surface area contributed by atoms with E-state index in [2.05, 4.69) is 10.3 Å². The number of nitrogens with zero attached hydrogens (tertiary/aromatic N) is 1. The van der Waals surface area contributed by atoms with Gasteiger partial charge in [0, 0.05) is 16.1 Å². The highest BCUT2D eigenvalue weighted by Gasteiger charge is 2.35. The fourth-order valence-corrected chi connectivity index (χ4v) is 3.04. The van der Waals surface area contributed by atoms with Gasteiger partial charge in [-0.1, -0.05) is 36.7 Å². The first-order valence-electron chi connectivity index (χ1n) is 6.44. The predicted molar refractivity (Wildman–Crippen MR) is 78.7 cm³/mol. The topological polar surface area (TPSA) is 24.9 Å². The van der Waals surface area contributed by atoms with E-state index in [0.717, 1.165) is 12.0 Å². The van der Waals surface area contributed by atoms with E-state index in [1.807, 2.05) is 19.1 Å². The van der Waals surface area contributed by atoms with Crippen LogP contribution in [0.5, 0.6) is 0 Å². The van der Waals surface area contributed by atoms with Crippen LogP contribution in [0.4, 0.5) is 13.2 Å². The molecule has 0 fully saturated rings. The molecule has 0 aliphatic rings. The van der Waals surface area contributed by atoms with Gasteiger partial charge in [-0.3, -0.25) is 0 Å². The van der Waals surface area contributed by atoms with Crippen LogP contribution < -0.4 is 5.32 Å². The fourth-order valence-electron chi connectivity index (χ4n) is 1.91. The summed E-state index contributed by atoms with van der Waals surface area (Å²) >= 11 is 6.81. The fraction of sp³-hybridized carbons (Fsp3) is 0.357. The van der Waals surface area contributed by atoms with Crippen molar-refractivity contribution in [3.8, 4) is 0 Å². The summed E-state index contributed by atoms with van der Waals surface area (Å²) in [7, 11) is 0. The van der Waals surface area contributed by atoms with Crippen LogP contribution in [0.2, 0.25) is 5.02 Å². The van der Waals surface area contributed by atoms with Crippen LogP contribution in [0, 0.1) is 0 Å². The van der Waals surface area contributed by atoms with Gasteiger partial charge in [0.05, 0.1) is 6.04 Å². The SMILES string of the molecule is CCCNC(c1cnc(C(F)(F)F)s1)c1ccccc1Cl. The summed E-state index contributed by atoms with van der Waals surface area (Å²) < 4.78 is 38.1. The molecule has 0 aliphatic carbocycles. The standard InChI is InChI=1S/C14H14ClF3N2S/c1-2-7-19-12(9-5-3-4-6-10(9)15)11-8-20-13(21-11)14(16,17)18/h3-6,8,12,19H,2,7H2,1H3. The van der Waals surface area contributed by atoms with Crippen LogP contribution in [0.3, 0.4) is 0 Å². The lowest BCUT2D eigenvalue weighted by atomic mass is 10.1. The molecule has 21 heavy (non-hydrogen) atoms. The second-order valence-corrected chi connectivity index (χ2v) is 5.94. The average molecular weight is 335 g/mol. The summed E-state index contributed by atoms with van der Waals surface area (Å²) in [5.74, 6) is 0. The van der Waals surface area contributed by atoms with Crippen molar-refractivity contribution in [3.63, 3.8) is 0 Å². The van der Waals surface area contributed by atoms with Crippen molar-refractivity contribution in [2.75, 3.05) is 6.54 Å². The lowest BCUT2D eigenvalue weighted by Gasteiger charge is -2.18. The molecular formula is C14H14ClF3N2S. The van der Waals surface area contributed by atoms with Crippen LogP contribution in [0.15, 0.2) is 30.5 Å². The Morgan fingerprint density at radius 3 is 2.62 bits per heavy atom. The molecule has 1 heterocycles. The highest BCUT2D eigenvalue weighted by Crippen LogP contribution is 2.37. The van der Waals surface area contributed by atoms with Crippen molar-refractivity contribution in [1.29, 1.82) is 0 Å². The zero-order valence-corrected chi connectivity index (χ0v) is 12.8. The van der Waals surface area contributed by atoms with Crippen molar-refractivity contribution in [3.05, 3.63) is 50.9 Å². The lowest BCUT2D eigenvalue weighted by molar-refractivity contribution is -0.137. The zero-order chi connectivity index (χ0) is 15.5. The maximum atomic E-state index is 12.7. The Hall–Kier alpha value is -1.11. The molecule has 1 aromatic heterocycles. The van der Waals surface area contributed by atoms with E-state index in [1.165, 1.54) is 6.20 Å². The van der Waals surface area contributed by atoms with E-state index in [-0.39, 0.29) is 6.04 Å². The summed E-state index contributed by atoms with van der Waals surface area (Å²) in [5.41, 5.74) is 0.755. The van der Waals surface area contributed by atoms with Crippen molar-refractivity contribution in [2.24, 2.45) is 0 Å². The first-order chi connectivity index (χ1) is 9.93. The molecule has 114 valence electrons. The van der Waals surface area contributed by atoms with Crippen LogP contribution >= 0.6 is 22.9 Å². The maximum absolute atomic E-state index is 12.7. The molecule has 0 bridgehead atoms. The third-order valence-electron chi connectivity index (χ3n) is 2.87. The van der Waals surface area contributed by atoms with Gasteiger partial charge in [-0.15, -0.1) is 11.3 Å². The number of halogens is 4. The highest BCUT2D eigenvalue weighted by molar-refractivity contribution is 7.11. The van der Waals surface area contributed by atoms with E-state index in [4.69, 9.17) is 11.6 Å². The van der Waals surface area contributed by atoms with Crippen molar-refractivity contribution >= 4 is 22.9 Å². The smallest absolute Gasteiger partial charge is 0.306 e. The van der Waals surface area contributed by atoms with Crippen LogP contribution in [0.25, 0.3) is 0 Å². The molecule has 0 saturated heterocycles. The lowest BCUT2D eigenvalue weighted by Crippen LogP contribution is -2.22. The molecule has 1 atom stereocenters. The number of benzene rings is 1. The Kier molecular flexibility index (Phi) is 5.24. The second-order valence-electron chi connectivity index (χ2n) is 4.47. The van der Waals surface area contributed by atoms with Gasteiger partial charge in [0.25, 0.3) is 0 Å². The Balaban J connectivity index is 2.37. The molecule has 1 unspecified atom stereocenters. The number of hydrogen-bond donors (Lipinski definition) is 1. The summed E-state index contributed by atoms with van der Waals surface area (Å²) in [5, 5.41) is 2.91. The van der Waals surface area contributed by atoms with Gasteiger partial charge in [-0.05, 0) is 24.6 Å². The first-order valence-corrected chi connectivity index (χ1v) is 7.63. The van der Waals surface area contributed by atoms with Gasteiger partial charge in [0.2, 0.25) is 0 Å². The Labute approximate surface area is 130 Å². The van der Waals surface area contributed by atoms with Crippen molar-refractivity contribution < 1.29 is 13.2 Å². The second kappa shape index (κ2) is 6.77. The summed E-state index contributed by atoms with van der Waals surface area (Å²) in [6.45, 7) is 2.67. The minimum atomic E-state index is -4.42. The third-order valence-corrected chi connectivity index (χ3v) is 4.32. The molecule has 2 rings (SSSR count). The molecule has 0 spiro atoms. The number of rotatable bonds is 5. The van der Waals surface area contributed by atoms with E-state index in [1.54, 1.807) is 12.1 Å². The number of aromatic nitrogens is 1. The van der Waals surface area contributed by atoms with Gasteiger partial charge >= 0.3 is 6.18 Å². The van der Waals surface area contributed by atoms with Crippen molar-refractivity contribution in [2.45, 2.75) is 25.6 Å². The van der Waals surface area contributed by atoms with E-state index >= 15 is 0 Å². The predicted octanol–water partition coefficient (Wildman–Crippen LogP) is 4.90. The molecule has 0 amide bonds. The Morgan fingerprint density at radius 2 is 2.05 bits per heavy atom. The molecule has 0 aliphatic heterocycles. The zero-order valence-electron chi connectivity index (χ0n) is 11.2. The van der Waals surface area contributed by atoms with Crippen LogP contribution in [-0.4, -0.2) is 11.5 Å². The normalized spacial score (nSPS) is 13.4. The number of thiazole rings is 1. The highest BCUT2D eigenvalue weighted by atomic mass is 35.5.